The fourth-order valence-corrected chi connectivity index (χ4v) is 1.58. The Hall–Kier alpha value is -1.84. The molecule has 4 nitrogen and oxygen atoms in total. The Morgan fingerprint density at radius 3 is 3.46 bits per heavy atom. The summed E-state index contributed by atoms with van der Waals surface area (Å²) in [5.41, 5.74) is 1.09. The number of dihydropyridines is 1. The number of hydrogen-bond donors (Lipinski definition) is 2. The van der Waals surface area contributed by atoms with E-state index in [-0.39, 0.29) is 0 Å². The molecule has 0 radical (unpaired) electrons. The van der Waals surface area contributed by atoms with Crippen LogP contribution in [0.1, 0.15) is 0 Å². The number of hydrogen-bond acceptors (Lipinski definition) is 4. The molecule has 0 spiro atoms. The molecule has 3 aliphatic heterocycles. The standard InChI is InChI=1S/C9H9N3O/c1-2-7-9(10-3-1)12-4-5-13-6-8(12)11-7/h1-2,4-6,10-11H,3H2. The minimum Gasteiger partial charge on any atom is -0.467 e. The van der Waals surface area contributed by atoms with Crippen LogP contribution in [0.4, 0.5) is 0 Å². The Balaban J connectivity index is 2.03. The van der Waals surface area contributed by atoms with Gasteiger partial charge in [-0.1, -0.05) is 6.08 Å². The van der Waals surface area contributed by atoms with Crippen molar-refractivity contribution in [2.45, 2.75) is 0 Å². The van der Waals surface area contributed by atoms with Crippen LogP contribution in [0.15, 0.2) is 48.2 Å². The lowest BCUT2D eigenvalue weighted by molar-refractivity contribution is 0.341. The predicted molar refractivity (Wildman–Crippen MR) is 47.5 cm³/mol. The van der Waals surface area contributed by atoms with Gasteiger partial charge in [-0.05, 0) is 6.08 Å². The van der Waals surface area contributed by atoms with Gasteiger partial charge >= 0.3 is 0 Å². The van der Waals surface area contributed by atoms with Gasteiger partial charge in [-0.25, -0.2) is 0 Å². The molecule has 3 rings (SSSR count). The van der Waals surface area contributed by atoms with Gasteiger partial charge in [0.25, 0.3) is 0 Å². The van der Waals surface area contributed by atoms with Gasteiger partial charge in [0, 0.05) is 12.7 Å². The molecule has 4 heteroatoms. The van der Waals surface area contributed by atoms with Crippen LogP contribution in [0.3, 0.4) is 0 Å². The number of ether oxygens (including phenoxy) is 1. The first-order valence-corrected chi connectivity index (χ1v) is 4.18. The van der Waals surface area contributed by atoms with Gasteiger partial charge < -0.3 is 15.4 Å². The molecule has 0 atom stereocenters. The maximum atomic E-state index is 5.06. The zero-order chi connectivity index (χ0) is 8.67. The van der Waals surface area contributed by atoms with E-state index in [1.165, 1.54) is 0 Å². The normalized spacial score (nSPS) is 22.8. The van der Waals surface area contributed by atoms with E-state index in [1.807, 2.05) is 11.1 Å². The lowest BCUT2D eigenvalue weighted by atomic mass is 10.3. The van der Waals surface area contributed by atoms with Crippen LogP contribution in [0.25, 0.3) is 0 Å². The smallest absolute Gasteiger partial charge is 0.152 e. The van der Waals surface area contributed by atoms with Crippen molar-refractivity contribution in [3.63, 3.8) is 0 Å². The van der Waals surface area contributed by atoms with Gasteiger partial charge in [0.15, 0.2) is 5.82 Å². The summed E-state index contributed by atoms with van der Waals surface area (Å²) < 4.78 is 5.06. The average molecular weight is 175 g/mol. The highest BCUT2D eigenvalue weighted by atomic mass is 16.5. The largest absolute Gasteiger partial charge is 0.467 e. The number of fused-ring (bicyclic) bond motifs is 2. The van der Waals surface area contributed by atoms with Crippen LogP contribution in [0.2, 0.25) is 0 Å². The van der Waals surface area contributed by atoms with Gasteiger partial charge in [0.2, 0.25) is 0 Å². The van der Waals surface area contributed by atoms with Crippen LogP contribution < -0.4 is 10.6 Å². The fourth-order valence-electron chi connectivity index (χ4n) is 1.58. The minimum absolute atomic E-state index is 0.874. The third-order valence-electron chi connectivity index (χ3n) is 2.16. The lowest BCUT2D eigenvalue weighted by Gasteiger charge is -2.21. The quantitative estimate of drug-likeness (QED) is 0.562. The molecule has 0 aromatic rings. The first-order chi connectivity index (χ1) is 6.45. The van der Waals surface area contributed by atoms with Crippen molar-refractivity contribution in [2.75, 3.05) is 6.54 Å². The van der Waals surface area contributed by atoms with E-state index < -0.39 is 0 Å². The minimum atomic E-state index is 0.874. The average Bonchev–Trinajstić information content (AvgIpc) is 2.56. The Labute approximate surface area is 75.9 Å². The van der Waals surface area contributed by atoms with E-state index in [9.17, 15) is 0 Å². The van der Waals surface area contributed by atoms with Crippen molar-refractivity contribution in [1.82, 2.24) is 15.5 Å². The van der Waals surface area contributed by atoms with Crippen LogP contribution in [-0.2, 0) is 4.74 Å². The monoisotopic (exact) mass is 175 g/mol. The topological polar surface area (TPSA) is 36.5 Å². The van der Waals surface area contributed by atoms with Crippen molar-refractivity contribution in [1.29, 1.82) is 0 Å². The number of nitrogens with zero attached hydrogens (tertiary/aromatic N) is 1. The van der Waals surface area contributed by atoms with Crippen LogP contribution >= 0.6 is 0 Å². The molecule has 13 heavy (non-hydrogen) atoms. The molecule has 0 saturated carbocycles. The first-order valence-electron chi connectivity index (χ1n) is 4.18. The van der Waals surface area contributed by atoms with Crippen molar-refractivity contribution in [3.8, 4) is 0 Å². The highest BCUT2D eigenvalue weighted by Crippen LogP contribution is 2.25. The van der Waals surface area contributed by atoms with Gasteiger partial charge in [0.05, 0.1) is 5.70 Å². The molecule has 0 aromatic heterocycles. The second kappa shape index (κ2) is 2.32. The molecule has 3 heterocycles. The summed E-state index contributed by atoms with van der Waals surface area (Å²) in [6.45, 7) is 0.874. The van der Waals surface area contributed by atoms with E-state index in [0.29, 0.717) is 0 Å². The molecule has 0 unspecified atom stereocenters. The zero-order valence-electron chi connectivity index (χ0n) is 6.95. The SMILES string of the molecule is C1=CC2=C(NC1)N1C=COC=C1N2. The van der Waals surface area contributed by atoms with Crippen molar-refractivity contribution >= 4 is 0 Å². The summed E-state index contributed by atoms with van der Waals surface area (Å²) in [7, 11) is 0. The molecule has 0 fully saturated rings. The highest BCUT2D eigenvalue weighted by molar-refractivity contribution is 5.38. The maximum Gasteiger partial charge on any atom is 0.152 e. The van der Waals surface area contributed by atoms with Gasteiger partial charge in [-0.15, -0.1) is 0 Å². The van der Waals surface area contributed by atoms with Crippen molar-refractivity contribution in [3.05, 3.63) is 48.2 Å². The Morgan fingerprint density at radius 1 is 1.46 bits per heavy atom. The van der Waals surface area contributed by atoms with E-state index in [4.69, 9.17) is 4.74 Å². The van der Waals surface area contributed by atoms with Gasteiger partial charge in [-0.3, -0.25) is 4.90 Å². The Morgan fingerprint density at radius 2 is 2.46 bits per heavy atom. The van der Waals surface area contributed by atoms with Gasteiger partial charge in [0.1, 0.15) is 18.3 Å². The molecule has 0 saturated heterocycles. The second-order valence-corrected chi connectivity index (χ2v) is 2.96. The van der Waals surface area contributed by atoms with Crippen LogP contribution in [0.5, 0.6) is 0 Å². The molecular weight excluding hydrogens is 166 g/mol. The Bertz CT molecular complexity index is 365. The fraction of sp³-hybridized carbons (Fsp3) is 0.111. The highest BCUT2D eigenvalue weighted by Gasteiger charge is 2.26. The molecular formula is C9H9N3O. The third-order valence-corrected chi connectivity index (χ3v) is 2.16. The van der Waals surface area contributed by atoms with Crippen LogP contribution in [-0.4, -0.2) is 11.4 Å². The second-order valence-electron chi connectivity index (χ2n) is 2.96. The summed E-state index contributed by atoms with van der Waals surface area (Å²) >= 11 is 0. The molecule has 0 bridgehead atoms. The predicted octanol–water partition coefficient (Wildman–Crippen LogP) is 0.520. The summed E-state index contributed by atoms with van der Waals surface area (Å²) in [5, 5.41) is 6.52. The maximum absolute atomic E-state index is 5.06. The summed E-state index contributed by atoms with van der Waals surface area (Å²) in [5.74, 6) is 2.04. The summed E-state index contributed by atoms with van der Waals surface area (Å²) in [6, 6.07) is 0. The van der Waals surface area contributed by atoms with Crippen molar-refractivity contribution < 1.29 is 4.74 Å². The van der Waals surface area contributed by atoms with Gasteiger partial charge in [-0.2, -0.15) is 0 Å². The van der Waals surface area contributed by atoms with E-state index >= 15 is 0 Å². The number of allylic oxidation sites excluding steroid dienone is 1. The molecule has 3 aliphatic rings. The molecule has 2 N–H and O–H groups in total. The first kappa shape index (κ1) is 6.65. The Kier molecular flexibility index (Phi) is 1.19. The zero-order valence-corrected chi connectivity index (χ0v) is 6.95. The lowest BCUT2D eigenvalue weighted by Crippen LogP contribution is -2.26. The summed E-state index contributed by atoms with van der Waals surface area (Å²) in [4.78, 5) is 2.03. The van der Waals surface area contributed by atoms with E-state index in [0.717, 1.165) is 23.9 Å². The number of rotatable bonds is 0. The number of nitrogens with one attached hydrogen (secondary N) is 2. The summed E-state index contributed by atoms with van der Waals surface area (Å²) in [6.07, 6.45) is 9.38. The third kappa shape index (κ3) is 0.853. The van der Waals surface area contributed by atoms with E-state index in [1.54, 1.807) is 12.5 Å². The molecule has 0 aliphatic carbocycles. The molecule has 0 aromatic carbocycles. The van der Waals surface area contributed by atoms with Crippen molar-refractivity contribution in [2.24, 2.45) is 0 Å². The molecule has 0 amide bonds. The van der Waals surface area contributed by atoms with E-state index in [2.05, 4.69) is 22.8 Å². The molecule has 66 valence electrons. The van der Waals surface area contributed by atoms with Crippen LogP contribution in [0, 0.1) is 0 Å².